The molecule has 1 amide bonds. The zero-order valence-electron chi connectivity index (χ0n) is 11.5. The molecule has 1 aliphatic carbocycles. The van der Waals surface area contributed by atoms with Crippen molar-refractivity contribution in [3.8, 4) is 0 Å². The Kier molecular flexibility index (Phi) is 2.57. The third kappa shape index (κ3) is 1.63. The molecule has 0 aromatic rings. The maximum absolute atomic E-state index is 11.7. The van der Waals surface area contributed by atoms with Crippen LogP contribution in [0, 0.1) is 5.92 Å². The largest absolute Gasteiger partial charge is 0.361 e. The summed E-state index contributed by atoms with van der Waals surface area (Å²) in [7, 11) is 0. The Hall–Kier alpha value is -0.830. The van der Waals surface area contributed by atoms with Crippen molar-refractivity contribution >= 4 is 6.41 Å². The van der Waals surface area contributed by atoms with Gasteiger partial charge in [-0.15, -0.1) is 0 Å². The molecular formula is C16H23NO2. The zero-order valence-corrected chi connectivity index (χ0v) is 11.5. The van der Waals surface area contributed by atoms with Crippen LogP contribution >= 0.6 is 0 Å². The Labute approximate surface area is 115 Å². The van der Waals surface area contributed by atoms with Crippen LogP contribution in [0.15, 0.2) is 12.2 Å². The van der Waals surface area contributed by atoms with E-state index in [4.69, 9.17) is 4.74 Å². The molecule has 2 saturated heterocycles. The summed E-state index contributed by atoms with van der Waals surface area (Å²) in [5.74, 6) is 0.636. The summed E-state index contributed by atoms with van der Waals surface area (Å²) < 4.78 is 6.15. The molecule has 3 fully saturated rings. The van der Waals surface area contributed by atoms with Crippen molar-refractivity contribution in [1.29, 1.82) is 0 Å². The number of carbonyl (C=O) groups excluding carboxylic acids is 1. The van der Waals surface area contributed by atoms with E-state index in [2.05, 4.69) is 17.1 Å². The Balaban J connectivity index is 1.66. The van der Waals surface area contributed by atoms with Gasteiger partial charge in [0.25, 0.3) is 0 Å². The average Bonchev–Trinajstić information content (AvgIpc) is 2.88. The average molecular weight is 261 g/mol. The highest BCUT2D eigenvalue weighted by Crippen LogP contribution is 2.53. The maximum Gasteiger partial charge on any atom is 0.210 e. The molecule has 19 heavy (non-hydrogen) atoms. The van der Waals surface area contributed by atoms with Gasteiger partial charge in [-0.25, -0.2) is 0 Å². The van der Waals surface area contributed by atoms with E-state index in [-0.39, 0.29) is 11.1 Å². The van der Waals surface area contributed by atoms with Crippen LogP contribution in [0.1, 0.15) is 51.4 Å². The van der Waals surface area contributed by atoms with E-state index in [0.29, 0.717) is 12.0 Å². The minimum absolute atomic E-state index is 0.136. The lowest BCUT2D eigenvalue weighted by atomic mass is 9.68. The number of nitrogens with zero attached hydrogens (tertiary/aromatic N) is 1. The van der Waals surface area contributed by atoms with Crippen LogP contribution in [0.4, 0.5) is 0 Å². The normalized spacial score (nSPS) is 43.3. The molecule has 4 rings (SSSR count). The number of amides is 1. The van der Waals surface area contributed by atoms with Gasteiger partial charge >= 0.3 is 0 Å². The molecular weight excluding hydrogens is 238 g/mol. The van der Waals surface area contributed by atoms with E-state index in [9.17, 15) is 4.79 Å². The Morgan fingerprint density at radius 1 is 1.21 bits per heavy atom. The number of carbonyl (C=O) groups is 1. The van der Waals surface area contributed by atoms with Crippen LogP contribution < -0.4 is 0 Å². The van der Waals surface area contributed by atoms with Gasteiger partial charge in [0.05, 0.1) is 12.6 Å². The Morgan fingerprint density at radius 2 is 2.00 bits per heavy atom. The molecule has 3 nitrogen and oxygen atoms in total. The quantitative estimate of drug-likeness (QED) is 0.536. The second kappa shape index (κ2) is 4.08. The van der Waals surface area contributed by atoms with Crippen molar-refractivity contribution in [2.45, 2.75) is 68.6 Å². The second-order valence-corrected chi connectivity index (χ2v) is 6.98. The monoisotopic (exact) mass is 261 g/mol. The van der Waals surface area contributed by atoms with Crippen LogP contribution in [0.2, 0.25) is 0 Å². The molecule has 1 saturated carbocycles. The van der Waals surface area contributed by atoms with Gasteiger partial charge in [-0.3, -0.25) is 4.79 Å². The van der Waals surface area contributed by atoms with Gasteiger partial charge in [-0.1, -0.05) is 37.8 Å². The number of piperidine rings is 1. The van der Waals surface area contributed by atoms with Gasteiger partial charge in [-0.05, 0) is 31.6 Å². The molecule has 0 radical (unpaired) electrons. The smallest absolute Gasteiger partial charge is 0.210 e. The Morgan fingerprint density at radius 3 is 2.68 bits per heavy atom. The van der Waals surface area contributed by atoms with Crippen LogP contribution in [0.5, 0.6) is 0 Å². The summed E-state index contributed by atoms with van der Waals surface area (Å²) in [5.41, 5.74) is 0.0129. The lowest BCUT2D eigenvalue weighted by molar-refractivity contribution is -0.140. The summed E-state index contributed by atoms with van der Waals surface area (Å²) in [6, 6.07) is 0. The van der Waals surface area contributed by atoms with Crippen LogP contribution in [0.25, 0.3) is 0 Å². The molecule has 3 aliphatic heterocycles. The van der Waals surface area contributed by atoms with Crippen molar-refractivity contribution in [3.63, 3.8) is 0 Å². The molecule has 1 unspecified atom stereocenters. The number of ether oxygens (including phenoxy) is 1. The minimum atomic E-state index is -0.136. The van der Waals surface area contributed by atoms with Gasteiger partial charge in [-0.2, -0.15) is 0 Å². The Bertz CT molecular complexity index is 411. The fraction of sp³-hybridized carbons (Fsp3) is 0.812. The second-order valence-electron chi connectivity index (χ2n) is 6.98. The molecule has 2 bridgehead atoms. The fourth-order valence-electron chi connectivity index (χ4n) is 4.98. The first-order valence-electron chi connectivity index (χ1n) is 7.86. The van der Waals surface area contributed by atoms with E-state index in [1.54, 1.807) is 0 Å². The molecule has 104 valence electrons. The van der Waals surface area contributed by atoms with E-state index >= 15 is 0 Å². The standard InChI is InChI=1S/C16H23NO2/c18-12-17-11-16-8-5-14(19-16)9-13(16)10-15(17)6-3-1-2-4-7-15/h5,8,12-14H,1-4,6-7,9-11H2/t13?,14-,16-/m1/s1. The first-order valence-corrected chi connectivity index (χ1v) is 7.86. The highest BCUT2D eigenvalue weighted by atomic mass is 16.5. The third-order valence-electron chi connectivity index (χ3n) is 5.99. The van der Waals surface area contributed by atoms with E-state index in [1.165, 1.54) is 44.9 Å². The first-order chi connectivity index (χ1) is 9.26. The fourth-order valence-corrected chi connectivity index (χ4v) is 4.98. The molecule has 3 heteroatoms. The molecule has 3 atom stereocenters. The number of hydrogen-bond acceptors (Lipinski definition) is 2. The summed E-state index contributed by atoms with van der Waals surface area (Å²) in [4.78, 5) is 13.8. The first kappa shape index (κ1) is 12.0. The number of fused-ring (bicyclic) bond motifs is 1. The molecule has 0 N–H and O–H groups in total. The lowest BCUT2D eigenvalue weighted by Crippen LogP contribution is -2.61. The van der Waals surface area contributed by atoms with Crippen molar-refractivity contribution in [3.05, 3.63) is 12.2 Å². The highest BCUT2D eigenvalue weighted by molar-refractivity contribution is 5.51. The number of likely N-dealkylation sites (tertiary alicyclic amines) is 1. The van der Waals surface area contributed by atoms with Crippen molar-refractivity contribution < 1.29 is 9.53 Å². The van der Waals surface area contributed by atoms with Crippen LogP contribution in [0.3, 0.4) is 0 Å². The molecule has 3 heterocycles. The molecule has 4 aliphatic rings. The van der Waals surface area contributed by atoms with E-state index in [0.717, 1.165) is 19.4 Å². The van der Waals surface area contributed by atoms with Crippen molar-refractivity contribution in [1.82, 2.24) is 4.90 Å². The predicted molar refractivity (Wildman–Crippen MR) is 72.7 cm³/mol. The molecule has 0 aromatic heterocycles. The zero-order chi connectivity index (χ0) is 12.9. The van der Waals surface area contributed by atoms with Crippen LogP contribution in [-0.2, 0) is 9.53 Å². The molecule has 0 aromatic carbocycles. The highest BCUT2D eigenvalue weighted by Gasteiger charge is 2.58. The lowest BCUT2D eigenvalue weighted by Gasteiger charge is -2.53. The topological polar surface area (TPSA) is 29.5 Å². The van der Waals surface area contributed by atoms with E-state index < -0.39 is 0 Å². The summed E-state index contributed by atoms with van der Waals surface area (Å²) in [6.07, 6.45) is 15.8. The maximum atomic E-state index is 11.7. The summed E-state index contributed by atoms with van der Waals surface area (Å²) >= 11 is 0. The van der Waals surface area contributed by atoms with Gasteiger partial charge in [0.1, 0.15) is 5.60 Å². The minimum Gasteiger partial charge on any atom is -0.361 e. The van der Waals surface area contributed by atoms with Gasteiger partial charge < -0.3 is 9.64 Å². The number of hydrogen-bond donors (Lipinski definition) is 0. The summed E-state index contributed by atoms with van der Waals surface area (Å²) in [5, 5.41) is 0. The third-order valence-corrected chi connectivity index (χ3v) is 5.99. The van der Waals surface area contributed by atoms with Gasteiger partial charge in [0.15, 0.2) is 0 Å². The summed E-state index contributed by atoms with van der Waals surface area (Å²) in [6.45, 7) is 0.786. The van der Waals surface area contributed by atoms with Crippen molar-refractivity contribution in [2.24, 2.45) is 5.92 Å². The van der Waals surface area contributed by atoms with Crippen molar-refractivity contribution in [2.75, 3.05) is 6.54 Å². The SMILES string of the molecule is O=CN1C[C@]23C=C[C@H](CC2CC12CCCCCC2)O3. The van der Waals surface area contributed by atoms with E-state index in [1.807, 2.05) is 0 Å². The van der Waals surface area contributed by atoms with Gasteiger partial charge in [0, 0.05) is 5.54 Å². The van der Waals surface area contributed by atoms with Gasteiger partial charge in [0.2, 0.25) is 6.41 Å². The predicted octanol–water partition coefficient (Wildman–Crippen LogP) is 2.66. The van der Waals surface area contributed by atoms with Crippen LogP contribution in [-0.4, -0.2) is 35.1 Å². The number of rotatable bonds is 1. The molecule has 2 spiro atoms.